The maximum Gasteiger partial charge on any atom is 0.228 e. The van der Waals surface area contributed by atoms with E-state index < -0.39 is 5.91 Å². The van der Waals surface area contributed by atoms with Gasteiger partial charge >= 0.3 is 0 Å². The van der Waals surface area contributed by atoms with Crippen LogP contribution in [0.3, 0.4) is 0 Å². The Morgan fingerprint density at radius 2 is 1.64 bits per heavy atom. The second-order valence-corrected chi connectivity index (χ2v) is 5.07. The molecule has 0 aliphatic rings. The number of hydrogen-bond acceptors (Lipinski definition) is 3. The standard InChI is InChI=1S/C18H15NO3/c19-16(20)11-10-14-13-8-4-5-9-15(13)22-18(14)17(21)12-6-2-1-3-7-12/h1-9H,10-11H2,(H2,19,20). The van der Waals surface area contributed by atoms with Gasteiger partial charge in [0.15, 0.2) is 5.76 Å². The number of benzene rings is 2. The van der Waals surface area contributed by atoms with Crippen LogP contribution in [0.5, 0.6) is 0 Å². The number of nitrogens with two attached hydrogens (primary N) is 1. The number of furan rings is 1. The monoisotopic (exact) mass is 293 g/mol. The zero-order valence-electron chi connectivity index (χ0n) is 11.9. The molecule has 0 atom stereocenters. The van der Waals surface area contributed by atoms with Gasteiger partial charge in [0.1, 0.15) is 5.58 Å². The maximum atomic E-state index is 12.7. The van der Waals surface area contributed by atoms with E-state index in [1.165, 1.54) is 0 Å². The third-order valence-corrected chi connectivity index (χ3v) is 3.56. The molecule has 3 rings (SSSR count). The summed E-state index contributed by atoms with van der Waals surface area (Å²) in [6.07, 6.45) is 0.568. The number of carbonyl (C=O) groups excluding carboxylic acids is 2. The molecule has 0 saturated heterocycles. The summed E-state index contributed by atoms with van der Waals surface area (Å²) < 4.78 is 5.75. The van der Waals surface area contributed by atoms with Crippen molar-refractivity contribution in [1.29, 1.82) is 0 Å². The normalized spacial score (nSPS) is 10.7. The molecule has 0 aliphatic carbocycles. The number of amides is 1. The van der Waals surface area contributed by atoms with Gasteiger partial charge in [-0.3, -0.25) is 9.59 Å². The Labute approximate surface area is 127 Å². The molecule has 3 aromatic rings. The molecular formula is C18H15NO3. The van der Waals surface area contributed by atoms with Crippen molar-refractivity contribution < 1.29 is 14.0 Å². The summed E-state index contributed by atoms with van der Waals surface area (Å²) in [6, 6.07) is 16.4. The molecule has 1 amide bonds. The number of ketones is 1. The molecule has 0 saturated carbocycles. The Morgan fingerprint density at radius 3 is 2.36 bits per heavy atom. The summed E-state index contributed by atoms with van der Waals surface area (Å²) in [4.78, 5) is 23.8. The summed E-state index contributed by atoms with van der Waals surface area (Å²) in [5.41, 5.74) is 7.17. The zero-order valence-corrected chi connectivity index (χ0v) is 11.9. The van der Waals surface area contributed by atoms with Crippen molar-refractivity contribution >= 4 is 22.7 Å². The number of carbonyl (C=O) groups is 2. The van der Waals surface area contributed by atoms with Crippen LogP contribution in [0.15, 0.2) is 59.0 Å². The van der Waals surface area contributed by atoms with Crippen molar-refractivity contribution in [3.63, 3.8) is 0 Å². The largest absolute Gasteiger partial charge is 0.452 e. The fraction of sp³-hybridized carbons (Fsp3) is 0.111. The Bertz CT molecular complexity index is 834. The van der Waals surface area contributed by atoms with Gasteiger partial charge in [0, 0.05) is 22.9 Å². The molecule has 22 heavy (non-hydrogen) atoms. The van der Waals surface area contributed by atoms with Gasteiger partial charge in [-0.15, -0.1) is 0 Å². The van der Waals surface area contributed by atoms with Crippen LogP contribution >= 0.6 is 0 Å². The average Bonchev–Trinajstić information content (AvgIpc) is 2.91. The molecule has 110 valence electrons. The lowest BCUT2D eigenvalue weighted by molar-refractivity contribution is -0.117. The summed E-state index contributed by atoms with van der Waals surface area (Å²) in [5.74, 6) is -0.298. The molecule has 2 aromatic carbocycles. The molecule has 0 unspecified atom stereocenters. The van der Waals surface area contributed by atoms with E-state index in [4.69, 9.17) is 10.2 Å². The first kappa shape index (κ1) is 14.1. The van der Waals surface area contributed by atoms with E-state index in [1.807, 2.05) is 30.3 Å². The number of hydrogen-bond donors (Lipinski definition) is 1. The van der Waals surface area contributed by atoms with Crippen molar-refractivity contribution in [3.8, 4) is 0 Å². The highest BCUT2D eigenvalue weighted by Crippen LogP contribution is 2.28. The Morgan fingerprint density at radius 1 is 0.955 bits per heavy atom. The van der Waals surface area contributed by atoms with E-state index in [2.05, 4.69) is 0 Å². The first-order valence-corrected chi connectivity index (χ1v) is 7.05. The number of aryl methyl sites for hydroxylation is 1. The van der Waals surface area contributed by atoms with Gasteiger partial charge in [0.05, 0.1) is 0 Å². The molecular weight excluding hydrogens is 278 g/mol. The SMILES string of the molecule is NC(=O)CCc1c(C(=O)c2ccccc2)oc2ccccc12. The lowest BCUT2D eigenvalue weighted by Crippen LogP contribution is -2.12. The van der Waals surface area contributed by atoms with Gasteiger partial charge in [-0.05, 0) is 12.5 Å². The van der Waals surface area contributed by atoms with Crippen molar-refractivity contribution in [2.75, 3.05) is 0 Å². The average molecular weight is 293 g/mol. The summed E-state index contributed by atoms with van der Waals surface area (Å²) in [7, 11) is 0. The van der Waals surface area contributed by atoms with Gasteiger partial charge in [-0.25, -0.2) is 0 Å². The number of rotatable bonds is 5. The van der Waals surface area contributed by atoms with Crippen LogP contribution in [0.25, 0.3) is 11.0 Å². The highest BCUT2D eigenvalue weighted by atomic mass is 16.3. The van der Waals surface area contributed by atoms with Gasteiger partial charge in [-0.1, -0.05) is 48.5 Å². The van der Waals surface area contributed by atoms with Crippen LogP contribution in [0, 0.1) is 0 Å². The molecule has 1 heterocycles. The number of fused-ring (bicyclic) bond motifs is 1. The quantitative estimate of drug-likeness (QED) is 0.735. The van der Waals surface area contributed by atoms with Gasteiger partial charge in [0.2, 0.25) is 11.7 Å². The van der Waals surface area contributed by atoms with E-state index >= 15 is 0 Å². The van der Waals surface area contributed by atoms with Crippen molar-refractivity contribution in [2.45, 2.75) is 12.8 Å². The summed E-state index contributed by atoms with van der Waals surface area (Å²) in [5, 5.41) is 0.850. The van der Waals surface area contributed by atoms with Gasteiger partial charge < -0.3 is 10.2 Å². The molecule has 0 spiro atoms. The zero-order chi connectivity index (χ0) is 15.5. The molecule has 0 aliphatic heterocycles. The third-order valence-electron chi connectivity index (χ3n) is 3.56. The fourth-order valence-electron chi connectivity index (χ4n) is 2.50. The predicted octanol–water partition coefficient (Wildman–Crippen LogP) is 3.08. The summed E-state index contributed by atoms with van der Waals surface area (Å²) in [6.45, 7) is 0. The lowest BCUT2D eigenvalue weighted by Gasteiger charge is -2.02. The lowest BCUT2D eigenvalue weighted by atomic mass is 10.0. The van der Waals surface area contributed by atoms with Gasteiger partial charge in [-0.2, -0.15) is 0 Å². The minimum atomic E-state index is -0.400. The Hall–Kier alpha value is -2.88. The Kier molecular flexibility index (Phi) is 3.74. The van der Waals surface area contributed by atoms with Crippen molar-refractivity contribution in [3.05, 3.63) is 71.5 Å². The van der Waals surface area contributed by atoms with Crippen LogP contribution in [0.2, 0.25) is 0 Å². The third kappa shape index (κ3) is 2.63. The van der Waals surface area contributed by atoms with E-state index in [9.17, 15) is 9.59 Å². The molecule has 0 bridgehead atoms. The predicted molar refractivity (Wildman–Crippen MR) is 83.6 cm³/mol. The minimum absolute atomic E-state index is 0.179. The number of primary amides is 1. The highest BCUT2D eigenvalue weighted by molar-refractivity contribution is 6.10. The molecule has 4 nitrogen and oxygen atoms in total. The first-order valence-electron chi connectivity index (χ1n) is 7.05. The molecule has 0 fully saturated rings. The van der Waals surface area contributed by atoms with E-state index in [0.717, 1.165) is 10.9 Å². The van der Waals surface area contributed by atoms with Crippen LogP contribution in [-0.4, -0.2) is 11.7 Å². The van der Waals surface area contributed by atoms with E-state index in [1.54, 1.807) is 24.3 Å². The van der Waals surface area contributed by atoms with E-state index in [-0.39, 0.29) is 18.0 Å². The first-order chi connectivity index (χ1) is 10.7. The highest BCUT2D eigenvalue weighted by Gasteiger charge is 2.21. The second kappa shape index (κ2) is 5.85. The van der Waals surface area contributed by atoms with Crippen LogP contribution in [0.4, 0.5) is 0 Å². The smallest absolute Gasteiger partial charge is 0.228 e. The fourth-order valence-corrected chi connectivity index (χ4v) is 2.50. The van der Waals surface area contributed by atoms with E-state index in [0.29, 0.717) is 17.6 Å². The topological polar surface area (TPSA) is 73.3 Å². The van der Waals surface area contributed by atoms with Crippen LogP contribution in [0.1, 0.15) is 28.1 Å². The second-order valence-electron chi connectivity index (χ2n) is 5.07. The molecule has 1 aromatic heterocycles. The molecule has 4 heteroatoms. The molecule has 0 radical (unpaired) electrons. The van der Waals surface area contributed by atoms with Crippen molar-refractivity contribution in [1.82, 2.24) is 0 Å². The van der Waals surface area contributed by atoms with Crippen LogP contribution in [-0.2, 0) is 11.2 Å². The molecule has 2 N–H and O–H groups in total. The van der Waals surface area contributed by atoms with Crippen LogP contribution < -0.4 is 5.73 Å². The van der Waals surface area contributed by atoms with Gasteiger partial charge in [0.25, 0.3) is 0 Å². The Balaban J connectivity index is 2.09. The number of para-hydroxylation sites is 1. The minimum Gasteiger partial charge on any atom is -0.452 e. The van der Waals surface area contributed by atoms with Crippen molar-refractivity contribution in [2.24, 2.45) is 5.73 Å². The maximum absolute atomic E-state index is 12.7. The summed E-state index contributed by atoms with van der Waals surface area (Å²) >= 11 is 0.